The SMILES string of the molecule is O=C(C[C@@H]1C(=O)NCCN1Cc1ccoc1)NC1CCN(c2ccc(F)cc2)CC1. The Morgan fingerprint density at radius 2 is 1.93 bits per heavy atom. The zero-order chi connectivity index (χ0) is 20.9. The van der Waals surface area contributed by atoms with Gasteiger partial charge in [0.15, 0.2) is 0 Å². The Morgan fingerprint density at radius 1 is 1.17 bits per heavy atom. The van der Waals surface area contributed by atoms with E-state index in [1.54, 1.807) is 24.7 Å². The van der Waals surface area contributed by atoms with Gasteiger partial charge in [0.2, 0.25) is 11.8 Å². The van der Waals surface area contributed by atoms with E-state index in [9.17, 15) is 14.0 Å². The highest BCUT2D eigenvalue weighted by molar-refractivity contribution is 5.88. The van der Waals surface area contributed by atoms with E-state index in [2.05, 4.69) is 15.5 Å². The molecule has 160 valence electrons. The average Bonchev–Trinajstić information content (AvgIpc) is 3.25. The molecule has 2 aliphatic heterocycles. The summed E-state index contributed by atoms with van der Waals surface area (Å²) in [5.41, 5.74) is 1.98. The van der Waals surface area contributed by atoms with Crippen molar-refractivity contribution in [2.75, 3.05) is 31.1 Å². The lowest BCUT2D eigenvalue weighted by Crippen LogP contribution is -2.56. The van der Waals surface area contributed by atoms with Gasteiger partial charge in [-0.2, -0.15) is 0 Å². The lowest BCUT2D eigenvalue weighted by molar-refractivity contribution is -0.134. The van der Waals surface area contributed by atoms with Crippen LogP contribution in [0.15, 0.2) is 47.3 Å². The molecule has 4 rings (SSSR count). The first-order valence-electron chi connectivity index (χ1n) is 10.4. The van der Waals surface area contributed by atoms with E-state index < -0.39 is 6.04 Å². The van der Waals surface area contributed by atoms with Crippen LogP contribution in [-0.4, -0.2) is 55.0 Å². The van der Waals surface area contributed by atoms with Crippen LogP contribution < -0.4 is 15.5 Å². The van der Waals surface area contributed by atoms with E-state index in [1.165, 1.54) is 12.1 Å². The third-order valence-corrected chi connectivity index (χ3v) is 5.84. The average molecular weight is 414 g/mol. The van der Waals surface area contributed by atoms with Gasteiger partial charge >= 0.3 is 0 Å². The predicted octanol–water partition coefficient (Wildman–Crippen LogP) is 1.89. The molecule has 3 heterocycles. The number of hydrogen-bond donors (Lipinski definition) is 2. The fraction of sp³-hybridized carbons (Fsp3) is 0.455. The molecule has 0 spiro atoms. The topological polar surface area (TPSA) is 77.8 Å². The van der Waals surface area contributed by atoms with Crippen molar-refractivity contribution in [2.45, 2.75) is 37.9 Å². The molecule has 2 aromatic rings. The molecule has 0 aliphatic carbocycles. The van der Waals surface area contributed by atoms with Crippen molar-refractivity contribution in [3.05, 3.63) is 54.2 Å². The van der Waals surface area contributed by atoms with Crippen LogP contribution in [0.2, 0.25) is 0 Å². The van der Waals surface area contributed by atoms with E-state index in [0.29, 0.717) is 19.6 Å². The molecule has 2 saturated heterocycles. The smallest absolute Gasteiger partial charge is 0.237 e. The second-order valence-corrected chi connectivity index (χ2v) is 7.92. The minimum Gasteiger partial charge on any atom is -0.472 e. The van der Waals surface area contributed by atoms with E-state index in [0.717, 1.165) is 37.2 Å². The number of nitrogens with one attached hydrogen (secondary N) is 2. The standard InChI is InChI=1S/C22H27FN4O3/c23-17-1-3-19(4-2-17)26-9-5-18(6-10-26)25-21(28)13-20-22(29)24-8-11-27(20)14-16-7-12-30-15-16/h1-4,7,12,15,18,20H,5-6,8-11,13-14H2,(H,24,29)(H,25,28)/t20-/m1/s1. The quantitative estimate of drug-likeness (QED) is 0.755. The first-order valence-corrected chi connectivity index (χ1v) is 10.4. The number of halogens is 1. The summed E-state index contributed by atoms with van der Waals surface area (Å²) in [6, 6.07) is 7.98. The van der Waals surface area contributed by atoms with Crippen molar-refractivity contribution >= 4 is 17.5 Å². The van der Waals surface area contributed by atoms with Crippen LogP contribution in [-0.2, 0) is 16.1 Å². The summed E-state index contributed by atoms with van der Waals surface area (Å²) in [5, 5.41) is 5.96. The molecule has 2 N–H and O–H groups in total. The number of hydrogen-bond acceptors (Lipinski definition) is 5. The van der Waals surface area contributed by atoms with Gasteiger partial charge in [0.25, 0.3) is 0 Å². The fourth-order valence-electron chi connectivity index (χ4n) is 4.19. The van der Waals surface area contributed by atoms with E-state index >= 15 is 0 Å². The largest absolute Gasteiger partial charge is 0.472 e. The highest BCUT2D eigenvalue weighted by atomic mass is 19.1. The monoisotopic (exact) mass is 414 g/mol. The molecule has 0 radical (unpaired) electrons. The Bertz CT molecular complexity index is 848. The minimum atomic E-state index is -0.479. The molecular formula is C22H27FN4O3. The van der Waals surface area contributed by atoms with E-state index in [-0.39, 0.29) is 30.1 Å². The molecule has 1 aromatic heterocycles. The van der Waals surface area contributed by atoms with Gasteiger partial charge in [0.1, 0.15) is 5.82 Å². The van der Waals surface area contributed by atoms with Crippen molar-refractivity contribution < 1.29 is 18.4 Å². The van der Waals surface area contributed by atoms with Gasteiger partial charge in [-0.25, -0.2) is 4.39 Å². The number of piperidine rings is 1. The fourth-order valence-corrected chi connectivity index (χ4v) is 4.19. The lowest BCUT2D eigenvalue weighted by atomic mass is 10.0. The second kappa shape index (κ2) is 9.30. The van der Waals surface area contributed by atoms with Crippen molar-refractivity contribution in [3.63, 3.8) is 0 Å². The summed E-state index contributed by atoms with van der Waals surface area (Å²) in [7, 11) is 0. The van der Waals surface area contributed by atoms with Gasteiger partial charge < -0.3 is 20.0 Å². The Hall–Kier alpha value is -2.87. The van der Waals surface area contributed by atoms with Gasteiger partial charge in [-0.15, -0.1) is 0 Å². The molecule has 0 saturated carbocycles. The van der Waals surface area contributed by atoms with Crippen LogP contribution in [0.3, 0.4) is 0 Å². The molecule has 1 atom stereocenters. The normalized spacial score (nSPS) is 20.8. The summed E-state index contributed by atoms with van der Waals surface area (Å²) < 4.78 is 18.2. The van der Waals surface area contributed by atoms with Crippen molar-refractivity contribution in [1.29, 1.82) is 0 Å². The van der Waals surface area contributed by atoms with Crippen molar-refractivity contribution in [1.82, 2.24) is 15.5 Å². The maximum atomic E-state index is 13.1. The number of amides is 2. The number of anilines is 1. The number of carbonyl (C=O) groups excluding carboxylic acids is 2. The summed E-state index contributed by atoms with van der Waals surface area (Å²) in [4.78, 5) is 29.3. The van der Waals surface area contributed by atoms with Gasteiger partial charge in [-0.1, -0.05) is 0 Å². The molecule has 30 heavy (non-hydrogen) atoms. The van der Waals surface area contributed by atoms with Gasteiger partial charge in [0.05, 0.1) is 25.0 Å². The second-order valence-electron chi connectivity index (χ2n) is 7.92. The Labute approximate surface area is 175 Å². The molecule has 0 bridgehead atoms. The van der Waals surface area contributed by atoms with Gasteiger partial charge in [-0.05, 0) is 43.2 Å². The molecular weight excluding hydrogens is 387 g/mol. The summed E-state index contributed by atoms with van der Waals surface area (Å²) in [6.07, 6.45) is 5.05. The number of carbonyl (C=O) groups is 2. The third kappa shape index (κ3) is 4.99. The van der Waals surface area contributed by atoms with Crippen molar-refractivity contribution in [3.8, 4) is 0 Å². The molecule has 2 aliphatic rings. The molecule has 7 nitrogen and oxygen atoms in total. The summed E-state index contributed by atoms with van der Waals surface area (Å²) in [5.74, 6) is -0.449. The zero-order valence-corrected chi connectivity index (χ0v) is 16.9. The molecule has 1 aromatic carbocycles. The van der Waals surface area contributed by atoms with Gasteiger partial charge in [-0.3, -0.25) is 14.5 Å². The van der Waals surface area contributed by atoms with Crippen LogP contribution in [0, 0.1) is 5.82 Å². The Kier molecular flexibility index (Phi) is 6.32. The van der Waals surface area contributed by atoms with E-state index in [4.69, 9.17) is 4.42 Å². The van der Waals surface area contributed by atoms with Crippen LogP contribution >= 0.6 is 0 Å². The molecule has 2 amide bonds. The van der Waals surface area contributed by atoms with Crippen molar-refractivity contribution in [2.24, 2.45) is 0 Å². The van der Waals surface area contributed by atoms with Crippen LogP contribution in [0.4, 0.5) is 10.1 Å². The first kappa shape index (κ1) is 20.4. The Morgan fingerprint density at radius 3 is 2.63 bits per heavy atom. The summed E-state index contributed by atoms with van der Waals surface area (Å²) >= 11 is 0. The third-order valence-electron chi connectivity index (χ3n) is 5.84. The van der Waals surface area contributed by atoms with E-state index in [1.807, 2.05) is 11.0 Å². The highest BCUT2D eigenvalue weighted by Crippen LogP contribution is 2.21. The number of piperazine rings is 1. The zero-order valence-electron chi connectivity index (χ0n) is 16.9. The highest BCUT2D eigenvalue weighted by Gasteiger charge is 2.32. The van der Waals surface area contributed by atoms with Gasteiger partial charge in [0, 0.05) is 50.0 Å². The number of benzene rings is 1. The minimum absolute atomic E-state index is 0.0863. The Balaban J connectivity index is 1.28. The maximum Gasteiger partial charge on any atom is 0.237 e. The summed E-state index contributed by atoms with van der Waals surface area (Å²) in [6.45, 7) is 3.46. The first-order chi connectivity index (χ1) is 14.6. The lowest BCUT2D eigenvalue weighted by Gasteiger charge is -2.36. The molecule has 0 unspecified atom stereocenters. The van der Waals surface area contributed by atoms with Crippen LogP contribution in [0.1, 0.15) is 24.8 Å². The van der Waals surface area contributed by atoms with Crippen LogP contribution in [0.5, 0.6) is 0 Å². The van der Waals surface area contributed by atoms with Crippen LogP contribution in [0.25, 0.3) is 0 Å². The number of nitrogens with zero attached hydrogens (tertiary/aromatic N) is 2. The molecule has 2 fully saturated rings. The predicted molar refractivity (Wildman–Crippen MR) is 110 cm³/mol. The number of furan rings is 1. The maximum absolute atomic E-state index is 13.1. The number of rotatable bonds is 6. The molecule has 8 heteroatoms.